The Hall–Kier alpha value is -1.66. The summed E-state index contributed by atoms with van der Waals surface area (Å²) >= 11 is 0. The molecule has 118 valence electrons. The van der Waals surface area contributed by atoms with Gasteiger partial charge < -0.3 is 20.5 Å². The highest BCUT2D eigenvalue weighted by Crippen LogP contribution is 2.22. The fourth-order valence-electron chi connectivity index (χ4n) is 1.84. The van der Waals surface area contributed by atoms with Crippen molar-refractivity contribution in [3.05, 3.63) is 24.0 Å². The van der Waals surface area contributed by atoms with Crippen LogP contribution in [0.25, 0.3) is 0 Å². The summed E-state index contributed by atoms with van der Waals surface area (Å²) < 4.78 is 23.9. The van der Waals surface area contributed by atoms with Crippen molar-refractivity contribution >= 4 is 11.6 Å². The number of carbonyl (C=O) groups excluding carboxylic acids is 1. The zero-order chi connectivity index (χ0) is 15.9. The van der Waals surface area contributed by atoms with Crippen molar-refractivity contribution < 1.29 is 18.7 Å². The first kappa shape index (κ1) is 17.4. The van der Waals surface area contributed by atoms with E-state index in [-0.39, 0.29) is 18.3 Å². The van der Waals surface area contributed by atoms with Crippen LogP contribution in [0.1, 0.15) is 26.7 Å². The average molecular weight is 298 g/mol. The minimum atomic E-state index is -0.973. The van der Waals surface area contributed by atoms with Crippen LogP contribution in [0.4, 0.5) is 10.1 Å². The zero-order valence-electron chi connectivity index (χ0n) is 12.7. The summed E-state index contributed by atoms with van der Waals surface area (Å²) in [5, 5.41) is 2.62. The molecule has 0 aliphatic carbocycles. The van der Waals surface area contributed by atoms with Gasteiger partial charge in [0.15, 0.2) is 11.6 Å². The van der Waals surface area contributed by atoms with Gasteiger partial charge in [0.1, 0.15) is 6.61 Å². The van der Waals surface area contributed by atoms with Crippen LogP contribution in [0.2, 0.25) is 0 Å². The molecule has 21 heavy (non-hydrogen) atoms. The van der Waals surface area contributed by atoms with E-state index in [0.717, 1.165) is 6.42 Å². The molecule has 1 aromatic rings. The molecule has 0 saturated carbocycles. The van der Waals surface area contributed by atoms with Crippen LogP contribution < -0.4 is 15.8 Å². The molecule has 6 heteroatoms. The highest BCUT2D eigenvalue weighted by Gasteiger charge is 2.27. The molecule has 0 aliphatic heterocycles. The lowest BCUT2D eigenvalue weighted by Gasteiger charge is -2.22. The number of hydrogen-bond donors (Lipinski definition) is 2. The molecule has 0 aromatic heterocycles. The Morgan fingerprint density at radius 3 is 2.71 bits per heavy atom. The van der Waals surface area contributed by atoms with Gasteiger partial charge in [0, 0.05) is 18.9 Å². The summed E-state index contributed by atoms with van der Waals surface area (Å²) in [5.74, 6) is -0.760. The molecule has 0 fully saturated rings. The molecule has 3 N–H and O–H groups in total. The van der Waals surface area contributed by atoms with Crippen molar-refractivity contribution in [2.45, 2.75) is 32.2 Å². The second-order valence-electron chi connectivity index (χ2n) is 5.11. The number of ether oxygens (including phenoxy) is 2. The molecule has 0 heterocycles. The Bertz CT molecular complexity index is 478. The smallest absolute Gasteiger partial charge is 0.244 e. The summed E-state index contributed by atoms with van der Waals surface area (Å²) in [6, 6.07) is 4.25. The molecular weight excluding hydrogens is 275 g/mol. The highest BCUT2D eigenvalue weighted by molar-refractivity contribution is 5.97. The van der Waals surface area contributed by atoms with E-state index in [1.807, 2.05) is 6.92 Å². The molecular formula is C15H23FN2O3. The van der Waals surface area contributed by atoms with Crippen LogP contribution in [-0.2, 0) is 9.53 Å². The van der Waals surface area contributed by atoms with Gasteiger partial charge in [-0.25, -0.2) is 4.39 Å². The lowest BCUT2D eigenvalue weighted by molar-refractivity contribution is -0.120. The van der Waals surface area contributed by atoms with E-state index in [0.29, 0.717) is 18.7 Å². The van der Waals surface area contributed by atoms with Crippen molar-refractivity contribution in [1.29, 1.82) is 0 Å². The fraction of sp³-hybridized carbons (Fsp3) is 0.533. The van der Waals surface area contributed by atoms with Crippen molar-refractivity contribution in [1.82, 2.24) is 0 Å². The number of carbonyl (C=O) groups is 1. The minimum absolute atomic E-state index is 0.120. The number of anilines is 1. The largest absolute Gasteiger partial charge is 0.488 e. The predicted octanol–water partition coefficient (Wildman–Crippen LogP) is 2.31. The quantitative estimate of drug-likeness (QED) is 0.722. The Labute approximate surface area is 124 Å². The van der Waals surface area contributed by atoms with E-state index >= 15 is 0 Å². The fourth-order valence-corrected chi connectivity index (χ4v) is 1.84. The number of nitrogens with two attached hydrogens (primary N) is 1. The van der Waals surface area contributed by atoms with Crippen LogP contribution in [0, 0.1) is 5.82 Å². The molecule has 5 nitrogen and oxygen atoms in total. The molecule has 0 saturated heterocycles. The molecule has 1 atom stereocenters. The van der Waals surface area contributed by atoms with Gasteiger partial charge in [-0.3, -0.25) is 4.79 Å². The molecule has 1 rings (SSSR count). The maximum atomic E-state index is 13.8. The van der Waals surface area contributed by atoms with Gasteiger partial charge in [0.05, 0.1) is 12.1 Å². The first-order chi connectivity index (χ1) is 9.90. The van der Waals surface area contributed by atoms with Gasteiger partial charge in [0.2, 0.25) is 5.91 Å². The lowest BCUT2D eigenvalue weighted by Crippen LogP contribution is -2.48. The number of rotatable bonds is 8. The van der Waals surface area contributed by atoms with E-state index in [1.165, 1.54) is 12.1 Å². The summed E-state index contributed by atoms with van der Waals surface area (Å²) in [6.45, 7) is 4.24. The summed E-state index contributed by atoms with van der Waals surface area (Å²) in [4.78, 5) is 12.0. The second-order valence-corrected chi connectivity index (χ2v) is 5.11. The monoisotopic (exact) mass is 298 g/mol. The van der Waals surface area contributed by atoms with Crippen LogP contribution >= 0.6 is 0 Å². The summed E-state index contributed by atoms with van der Waals surface area (Å²) in [5.41, 5.74) is 5.30. The van der Waals surface area contributed by atoms with Crippen LogP contribution in [-0.4, -0.2) is 31.8 Å². The maximum absolute atomic E-state index is 13.8. The Morgan fingerprint density at radius 1 is 1.43 bits per heavy atom. The Kier molecular flexibility index (Phi) is 6.58. The molecule has 0 aliphatic rings. The van der Waals surface area contributed by atoms with Gasteiger partial charge >= 0.3 is 0 Å². The van der Waals surface area contributed by atoms with Crippen molar-refractivity contribution in [2.75, 3.05) is 25.6 Å². The molecule has 1 amide bonds. The Morgan fingerprint density at radius 2 is 2.14 bits per heavy atom. The van der Waals surface area contributed by atoms with Crippen LogP contribution in [0.15, 0.2) is 18.2 Å². The third kappa shape index (κ3) is 5.32. The van der Waals surface area contributed by atoms with Gasteiger partial charge in [-0.1, -0.05) is 13.3 Å². The number of hydrogen-bond acceptors (Lipinski definition) is 4. The first-order valence-electron chi connectivity index (χ1n) is 6.92. The van der Waals surface area contributed by atoms with Gasteiger partial charge in [-0.05, 0) is 25.5 Å². The topological polar surface area (TPSA) is 73.6 Å². The lowest BCUT2D eigenvalue weighted by atomic mass is 9.96. The molecule has 0 bridgehead atoms. The number of methoxy groups -OCH3 is 1. The molecule has 1 unspecified atom stereocenters. The number of halogens is 1. The van der Waals surface area contributed by atoms with E-state index in [2.05, 4.69) is 5.32 Å². The molecule has 0 spiro atoms. The highest BCUT2D eigenvalue weighted by atomic mass is 19.1. The van der Waals surface area contributed by atoms with Gasteiger partial charge in [-0.2, -0.15) is 0 Å². The van der Waals surface area contributed by atoms with Crippen molar-refractivity contribution in [2.24, 2.45) is 5.73 Å². The van der Waals surface area contributed by atoms with Crippen molar-refractivity contribution in [3.63, 3.8) is 0 Å². The van der Waals surface area contributed by atoms with Gasteiger partial charge in [0.25, 0.3) is 0 Å². The third-order valence-corrected chi connectivity index (χ3v) is 3.02. The number of amides is 1. The van der Waals surface area contributed by atoms with E-state index in [4.69, 9.17) is 15.2 Å². The predicted molar refractivity (Wildman–Crippen MR) is 79.9 cm³/mol. The van der Waals surface area contributed by atoms with Crippen LogP contribution in [0.5, 0.6) is 5.75 Å². The molecule has 1 aromatic carbocycles. The van der Waals surface area contributed by atoms with E-state index < -0.39 is 11.4 Å². The summed E-state index contributed by atoms with van der Waals surface area (Å²) in [7, 11) is 1.54. The maximum Gasteiger partial charge on any atom is 0.244 e. The van der Waals surface area contributed by atoms with E-state index in [1.54, 1.807) is 20.1 Å². The minimum Gasteiger partial charge on any atom is -0.488 e. The molecule has 0 radical (unpaired) electrons. The van der Waals surface area contributed by atoms with Crippen LogP contribution in [0.3, 0.4) is 0 Å². The average Bonchev–Trinajstić information content (AvgIpc) is 2.41. The van der Waals surface area contributed by atoms with E-state index in [9.17, 15) is 9.18 Å². The standard InChI is InChI=1S/C15H23FN2O3/c1-4-7-15(2,17)14(19)18-11-5-6-13(12(16)10-11)21-9-8-20-3/h5-6,10H,4,7-9,17H2,1-3H3,(H,18,19). The zero-order valence-corrected chi connectivity index (χ0v) is 12.7. The van der Waals surface area contributed by atoms with Gasteiger partial charge in [-0.15, -0.1) is 0 Å². The first-order valence-corrected chi connectivity index (χ1v) is 6.92. The second kappa shape index (κ2) is 7.95. The Balaban J connectivity index is 2.69. The normalized spacial score (nSPS) is 13.6. The number of nitrogens with one attached hydrogen (secondary N) is 1. The summed E-state index contributed by atoms with van der Waals surface area (Å²) in [6.07, 6.45) is 1.35. The van der Waals surface area contributed by atoms with Crippen molar-refractivity contribution in [3.8, 4) is 5.75 Å². The SMILES string of the molecule is CCCC(C)(N)C(=O)Nc1ccc(OCCOC)c(F)c1. The third-order valence-electron chi connectivity index (χ3n) is 3.02. The number of benzene rings is 1.